The number of hydrogen-bond acceptors (Lipinski definition) is 5. The fraction of sp³-hybridized carbons (Fsp3) is 0.800. The molecular weight excluding hydrogens is 316 g/mol. The first-order valence-corrected chi connectivity index (χ1v) is 9.96. The highest BCUT2D eigenvalue weighted by Crippen LogP contribution is 2.32. The molecule has 25 heavy (non-hydrogen) atoms. The van der Waals surface area contributed by atoms with Gasteiger partial charge in [-0.15, -0.1) is 0 Å². The third-order valence-electron chi connectivity index (χ3n) is 6.19. The van der Waals surface area contributed by atoms with Crippen molar-refractivity contribution in [2.24, 2.45) is 5.92 Å². The summed E-state index contributed by atoms with van der Waals surface area (Å²) >= 11 is 0. The van der Waals surface area contributed by atoms with Gasteiger partial charge < -0.3 is 18.8 Å². The van der Waals surface area contributed by atoms with Crippen LogP contribution in [0.25, 0.3) is 0 Å². The van der Waals surface area contributed by atoms with Crippen molar-refractivity contribution in [1.29, 1.82) is 0 Å². The molecule has 1 aromatic heterocycles. The van der Waals surface area contributed by atoms with Gasteiger partial charge in [-0.2, -0.15) is 0 Å². The van der Waals surface area contributed by atoms with Gasteiger partial charge in [0.15, 0.2) is 0 Å². The minimum atomic E-state index is 0.288. The van der Waals surface area contributed by atoms with Crippen molar-refractivity contribution in [2.75, 3.05) is 39.9 Å². The van der Waals surface area contributed by atoms with E-state index in [1.807, 2.05) is 6.07 Å². The molecule has 5 heteroatoms. The molecule has 0 radical (unpaired) electrons. The van der Waals surface area contributed by atoms with E-state index >= 15 is 0 Å². The number of ether oxygens (including phenoxy) is 2. The van der Waals surface area contributed by atoms with Crippen LogP contribution in [0.3, 0.4) is 0 Å². The molecule has 0 aliphatic carbocycles. The first-order valence-electron chi connectivity index (χ1n) is 9.96. The Balaban J connectivity index is 1.17. The van der Waals surface area contributed by atoms with Gasteiger partial charge in [-0.25, -0.2) is 0 Å². The third kappa shape index (κ3) is 4.45. The highest BCUT2D eigenvalue weighted by Gasteiger charge is 2.40. The zero-order valence-corrected chi connectivity index (χ0v) is 15.4. The van der Waals surface area contributed by atoms with Crippen LogP contribution >= 0.6 is 0 Å². The number of likely N-dealkylation sites (tertiary alicyclic amines) is 2. The molecule has 1 aromatic rings. The van der Waals surface area contributed by atoms with Gasteiger partial charge in [-0.05, 0) is 70.3 Å². The summed E-state index contributed by atoms with van der Waals surface area (Å²) in [6, 6.07) is 4.59. The van der Waals surface area contributed by atoms with Crippen molar-refractivity contribution in [1.82, 2.24) is 9.80 Å². The molecule has 3 fully saturated rings. The lowest BCUT2D eigenvalue weighted by Crippen LogP contribution is -2.43. The second kappa shape index (κ2) is 8.21. The Hall–Kier alpha value is -0.880. The molecule has 3 aliphatic rings. The van der Waals surface area contributed by atoms with Crippen molar-refractivity contribution < 1.29 is 13.9 Å². The average molecular weight is 348 g/mol. The van der Waals surface area contributed by atoms with E-state index in [4.69, 9.17) is 13.9 Å². The van der Waals surface area contributed by atoms with Crippen LogP contribution in [0.1, 0.15) is 37.9 Å². The van der Waals surface area contributed by atoms with Crippen LogP contribution in [0, 0.1) is 5.92 Å². The zero-order valence-electron chi connectivity index (χ0n) is 15.4. The van der Waals surface area contributed by atoms with Crippen LogP contribution in [0.15, 0.2) is 22.8 Å². The van der Waals surface area contributed by atoms with Gasteiger partial charge in [0.05, 0.1) is 31.6 Å². The van der Waals surface area contributed by atoms with E-state index in [1.54, 1.807) is 6.26 Å². The molecule has 0 spiro atoms. The van der Waals surface area contributed by atoms with Gasteiger partial charge >= 0.3 is 0 Å². The summed E-state index contributed by atoms with van der Waals surface area (Å²) in [4.78, 5) is 4.94. The van der Waals surface area contributed by atoms with Crippen molar-refractivity contribution in [3.63, 3.8) is 0 Å². The number of hydrogen-bond donors (Lipinski definition) is 0. The Labute approximate surface area is 151 Å². The van der Waals surface area contributed by atoms with Crippen molar-refractivity contribution in [3.8, 4) is 0 Å². The molecule has 0 bridgehead atoms. The van der Waals surface area contributed by atoms with Crippen LogP contribution in [0.4, 0.5) is 0 Å². The fourth-order valence-electron chi connectivity index (χ4n) is 4.60. The lowest BCUT2D eigenvalue weighted by atomic mass is 9.98. The smallest absolute Gasteiger partial charge is 0.117 e. The summed E-state index contributed by atoms with van der Waals surface area (Å²) in [6.45, 7) is 6.13. The average Bonchev–Trinajstić information content (AvgIpc) is 3.27. The van der Waals surface area contributed by atoms with E-state index in [0.29, 0.717) is 12.1 Å². The van der Waals surface area contributed by atoms with Gasteiger partial charge in [-0.1, -0.05) is 0 Å². The molecule has 3 aliphatic heterocycles. The molecule has 4 heterocycles. The first-order chi connectivity index (χ1) is 12.3. The van der Waals surface area contributed by atoms with Crippen LogP contribution < -0.4 is 0 Å². The third-order valence-corrected chi connectivity index (χ3v) is 6.19. The molecule has 0 N–H and O–H groups in total. The van der Waals surface area contributed by atoms with Crippen molar-refractivity contribution >= 4 is 0 Å². The van der Waals surface area contributed by atoms with Crippen molar-refractivity contribution in [3.05, 3.63) is 24.2 Å². The van der Waals surface area contributed by atoms with E-state index in [0.717, 1.165) is 50.8 Å². The molecule has 0 saturated carbocycles. The quantitative estimate of drug-likeness (QED) is 0.790. The molecule has 3 atom stereocenters. The van der Waals surface area contributed by atoms with Crippen LogP contribution in [-0.2, 0) is 16.0 Å². The van der Waals surface area contributed by atoms with Gasteiger partial charge in [0, 0.05) is 19.2 Å². The highest BCUT2D eigenvalue weighted by molar-refractivity contribution is 5.01. The largest absolute Gasteiger partial charge is 0.468 e. The summed E-state index contributed by atoms with van der Waals surface area (Å²) in [5, 5.41) is 0. The predicted octanol–water partition coefficient (Wildman–Crippen LogP) is 2.76. The maximum Gasteiger partial charge on any atom is 0.117 e. The SMILES string of the molecule is CN1CCC(COC[C@@H]2CC[C@H]3[C@H](CCN3Cc3ccco3)O2)CC1. The molecule has 0 amide bonds. The number of rotatable bonds is 6. The van der Waals surface area contributed by atoms with Gasteiger partial charge in [-0.3, -0.25) is 4.90 Å². The fourth-order valence-corrected chi connectivity index (χ4v) is 4.60. The number of piperidine rings is 1. The summed E-state index contributed by atoms with van der Waals surface area (Å²) in [5.74, 6) is 1.80. The second-order valence-electron chi connectivity index (χ2n) is 8.06. The molecule has 4 rings (SSSR count). The normalized spacial score (nSPS) is 32.1. The first kappa shape index (κ1) is 17.5. The minimum Gasteiger partial charge on any atom is -0.468 e. The highest BCUT2D eigenvalue weighted by atomic mass is 16.5. The summed E-state index contributed by atoms with van der Waals surface area (Å²) in [5.41, 5.74) is 0. The lowest BCUT2D eigenvalue weighted by Gasteiger charge is -2.36. The molecule has 140 valence electrons. The molecule has 3 saturated heterocycles. The van der Waals surface area contributed by atoms with E-state index in [9.17, 15) is 0 Å². The van der Waals surface area contributed by atoms with Crippen LogP contribution in [0.5, 0.6) is 0 Å². The van der Waals surface area contributed by atoms with Gasteiger partial charge in [0.25, 0.3) is 0 Å². The molecular formula is C20H32N2O3. The number of nitrogens with zero attached hydrogens (tertiary/aromatic N) is 2. The van der Waals surface area contributed by atoms with Crippen molar-refractivity contribution in [2.45, 2.75) is 56.9 Å². The minimum absolute atomic E-state index is 0.288. The van der Waals surface area contributed by atoms with E-state index in [-0.39, 0.29) is 6.10 Å². The number of fused-ring (bicyclic) bond motifs is 1. The van der Waals surface area contributed by atoms with Gasteiger partial charge in [0.2, 0.25) is 0 Å². The Kier molecular flexibility index (Phi) is 5.76. The predicted molar refractivity (Wildman–Crippen MR) is 96.5 cm³/mol. The summed E-state index contributed by atoms with van der Waals surface area (Å²) in [7, 11) is 2.21. The Morgan fingerprint density at radius 2 is 1.96 bits per heavy atom. The standard InChI is InChI=1S/C20H32N2O3/c1-21-9-6-16(7-10-21)14-23-15-18-4-5-19-20(25-18)8-11-22(19)13-17-3-2-12-24-17/h2-3,12,16,18-20H,4-11,13-15H2,1H3/t18-,19-,20-/m0/s1. The van der Waals surface area contributed by atoms with Crippen LogP contribution in [-0.4, -0.2) is 67.9 Å². The Morgan fingerprint density at radius 1 is 1.08 bits per heavy atom. The number of furan rings is 1. The van der Waals surface area contributed by atoms with E-state index in [2.05, 4.69) is 22.9 Å². The Morgan fingerprint density at radius 3 is 2.76 bits per heavy atom. The summed E-state index contributed by atoms with van der Waals surface area (Å²) in [6.07, 6.45) is 8.44. The molecule has 0 unspecified atom stereocenters. The monoisotopic (exact) mass is 348 g/mol. The summed E-state index contributed by atoms with van der Waals surface area (Å²) < 4.78 is 17.9. The Bertz CT molecular complexity index is 513. The molecule has 0 aromatic carbocycles. The second-order valence-corrected chi connectivity index (χ2v) is 8.06. The van der Waals surface area contributed by atoms with E-state index in [1.165, 1.54) is 32.4 Å². The topological polar surface area (TPSA) is 38.1 Å². The van der Waals surface area contributed by atoms with Gasteiger partial charge in [0.1, 0.15) is 5.76 Å². The lowest BCUT2D eigenvalue weighted by molar-refractivity contribution is -0.104. The maximum absolute atomic E-state index is 6.36. The van der Waals surface area contributed by atoms with Crippen LogP contribution in [0.2, 0.25) is 0 Å². The maximum atomic E-state index is 6.36. The van der Waals surface area contributed by atoms with E-state index < -0.39 is 0 Å². The zero-order chi connectivity index (χ0) is 17.1. The molecule has 5 nitrogen and oxygen atoms in total.